The largest absolute Gasteiger partial charge is 0.483 e. The normalized spacial score (nSPS) is 21.8. The number of carboxylic acid groups (broad SMARTS) is 1. The summed E-state index contributed by atoms with van der Waals surface area (Å²) in [6.07, 6.45) is 6.30. The van der Waals surface area contributed by atoms with Gasteiger partial charge in [0.1, 0.15) is 6.61 Å². The molecule has 1 N–H and O–H groups in total. The second kappa shape index (κ2) is 8.22. The molecule has 3 heterocycles. The molecular formula is C19H24N4O4. The maximum atomic E-state index is 11.9. The maximum Gasteiger partial charge on any atom is 0.410 e. The summed E-state index contributed by atoms with van der Waals surface area (Å²) < 4.78 is 7.30. The average Bonchev–Trinajstić information content (AvgIpc) is 3.32. The molecule has 0 bridgehead atoms. The third kappa shape index (κ3) is 3.95. The van der Waals surface area contributed by atoms with E-state index in [0.717, 1.165) is 38.3 Å². The van der Waals surface area contributed by atoms with Crippen molar-refractivity contribution in [1.29, 1.82) is 0 Å². The molecule has 8 nitrogen and oxygen atoms in total. The molecule has 2 aromatic rings. The van der Waals surface area contributed by atoms with E-state index < -0.39 is 0 Å². The van der Waals surface area contributed by atoms with Gasteiger partial charge < -0.3 is 14.4 Å². The minimum Gasteiger partial charge on any atom is -0.483 e. The van der Waals surface area contributed by atoms with Gasteiger partial charge in [-0.05, 0) is 24.1 Å². The molecule has 2 fully saturated rings. The van der Waals surface area contributed by atoms with E-state index in [1.807, 2.05) is 15.7 Å². The van der Waals surface area contributed by atoms with Crippen molar-refractivity contribution in [2.24, 2.45) is 0 Å². The van der Waals surface area contributed by atoms with Crippen LogP contribution in [0.5, 0.6) is 0 Å². The van der Waals surface area contributed by atoms with Crippen LogP contribution in [0.3, 0.4) is 0 Å². The molecule has 2 saturated heterocycles. The highest BCUT2D eigenvalue weighted by Gasteiger charge is 2.49. The van der Waals surface area contributed by atoms with Crippen LogP contribution in [0.2, 0.25) is 0 Å². The van der Waals surface area contributed by atoms with Gasteiger partial charge >= 0.3 is 6.09 Å². The second-order valence-corrected chi connectivity index (χ2v) is 6.74. The molecule has 1 aromatic carbocycles. The van der Waals surface area contributed by atoms with E-state index >= 15 is 0 Å². The van der Waals surface area contributed by atoms with E-state index in [1.54, 1.807) is 12.5 Å². The fourth-order valence-corrected chi connectivity index (χ4v) is 3.72. The van der Waals surface area contributed by atoms with Crippen molar-refractivity contribution in [2.75, 3.05) is 26.2 Å². The number of piperazine rings is 1. The third-order valence-electron chi connectivity index (χ3n) is 5.22. The molecule has 144 valence electrons. The summed E-state index contributed by atoms with van der Waals surface area (Å²) >= 11 is 0. The Labute approximate surface area is 158 Å². The first-order chi connectivity index (χ1) is 13.1. The van der Waals surface area contributed by atoms with Crippen molar-refractivity contribution in [1.82, 2.24) is 19.4 Å². The standard InChI is InChI=1S/C18H22N4O2.CH2O2/c1-2-18-12-20(9-10-22(18)17(23)24-13-18)11-15-3-5-16(6-4-15)21-8-7-19-14-21;2-1-3/h3-8,14H,2,9-13H2,1H3;1H,(H,2,3). The van der Waals surface area contributed by atoms with Crippen LogP contribution in [0, 0.1) is 0 Å². The van der Waals surface area contributed by atoms with Gasteiger partial charge in [0.25, 0.3) is 6.47 Å². The number of amides is 1. The summed E-state index contributed by atoms with van der Waals surface area (Å²) in [6.45, 7) is 5.81. The average molecular weight is 372 g/mol. The van der Waals surface area contributed by atoms with Crippen LogP contribution < -0.4 is 0 Å². The van der Waals surface area contributed by atoms with Crippen molar-refractivity contribution < 1.29 is 19.4 Å². The molecule has 1 aromatic heterocycles. The van der Waals surface area contributed by atoms with E-state index in [2.05, 4.69) is 41.1 Å². The molecule has 0 spiro atoms. The van der Waals surface area contributed by atoms with Crippen LogP contribution >= 0.6 is 0 Å². The minimum absolute atomic E-state index is 0.147. The highest BCUT2D eigenvalue weighted by atomic mass is 16.6. The number of rotatable bonds is 4. The van der Waals surface area contributed by atoms with Gasteiger partial charge in [0.15, 0.2) is 0 Å². The molecule has 0 saturated carbocycles. The number of nitrogens with zero attached hydrogens (tertiary/aromatic N) is 4. The van der Waals surface area contributed by atoms with E-state index in [0.29, 0.717) is 6.61 Å². The number of hydrogen-bond donors (Lipinski definition) is 1. The Kier molecular flexibility index (Phi) is 5.75. The van der Waals surface area contributed by atoms with Crippen LogP contribution in [-0.2, 0) is 16.1 Å². The molecule has 1 amide bonds. The number of cyclic esters (lactones) is 1. The van der Waals surface area contributed by atoms with Gasteiger partial charge in [-0.25, -0.2) is 9.78 Å². The summed E-state index contributed by atoms with van der Waals surface area (Å²) in [5, 5.41) is 6.89. The number of carbonyl (C=O) groups excluding carboxylic acids is 1. The Morgan fingerprint density at radius 3 is 2.67 bits per heavy atom. The van der Waals surface area contributed by atoms with E-state index in [9.17, 15) is 4.79 Å². The lowest BCUT2D eigenvalue weighted by atomic mass is 9.92. The lowest BCUT2D eigenvalue weighted by Gasteiger charge is -2.44. The summed E-state index contributed by atoms with van der Waals surface area (Å²) in [5.41, 5.74) is 2.25. The van der Waals surface area contributed by atoms with E-state index in [4.69, 9.17) is 14.6 Å². The Bertz CT molecular complexity index is 763. The molecule has 1 unspecified atom stereocenters. The maximum absolute atomic E-state index is 11.9. The zero-order valence-electron chi connectivity index (χ0n) is 15.3. The van der Waals surface area contributed by atoms with Gasteiger partial charge in [0, 0.05) is 44.3 Å². The van der Waals surface area contributed by atoms with Crippen molar-refractivity contribution >= 4 is 12.6 Å². The summed E-state index contributed by atoms with van der Waals surface area (Å²) in [6, 6.07) is 8.56. The zero-order chi connectivity index (χ0) is 19.3. The van der Waals surface area contributed by atoms with Crippen LogP contribution in [0.15, 0.2) is 43.0 Å². The van der Waals surface area contributed by atoms with Crippen LogP contribution in [-0.4, -0.2) is 68.8 Å². The molecule has 4 rings (SSSR count). The van der Waals surface area contributed by atoms with Crippen LogP contribution in [0.25, 0.3) is 5.69 Å². The van der Waals surface area contributed by atoms with Gasteiger partial charge in [0.2, 0.25) is 0 Å². The van der Waals surface area contributed by atoms with Crippen molar-refractivity contribution in [3.8, 4) is 5.69 Å². The van der Waals surface area contributed by atoms with E-state index in [1.165, 1.54) is 5.56 Å². The number of carbonyl (C=O) groups is 2. The smallest absolute Gasteiger partial charge is 0.410 e. The zero-order valence-corrected chi connectivity index (χ0v) is 15.3. The first-order valence-corrected chi connectivity index (χ1v) is 8.94. The number of fused-ring (bicyclic) bond motifs is 1. The van der Waals surface area contributed by atoms with Gasteiger partial charge in [-0.1, -0.05) is 19.1 Å². The number of ether oxygens (including phenoxy) is 1. The topological polar surface area (TPSA) is 87.9 Å². The molecule has 1 atom stereocenters. The van der Waals surface area contributed by atoms with Crippen LogP contribution in [0.4, 0.5) is 4.79 Å². The Hall–Kier alpha value is -2.87. The number of benzene rings is 1. The number of aromatic nitrogens is 2. The predicted octanol–water partition coefficient (Wildman–Crippen LogP) is 1.99. The fourth-order valence-electron chi connectivity index (χ4n) is 3.72. The lowest BCUT2D eigenvalue weighted by Crippen LogP contribution is -2.60. The highest BCUT2D eigenvalue weighted by Crippen LogP contribution is 2.32. The SMILES string of the molecule is CCC12COC(=O)N1CCN(Cc1ccc(-n3ccnc3)cc1)C2.O=CO. The van der Waals surface area contributed by atoms with Crippen molar-refractivity contribution in [3.05, 3.63) is 48.5 Å². The van der Waals surface area contributed by atoms with Crippen molar-refractivity contribution in [2.45, 2.75) is 25.4 Å². The van der Waals surface area contributed by atoms with Gasteiger partial charge in [-0.2, -0.15) is 0 Å². The Balaban J connectivity index is 0.000000659. The molecule has 0 radical (unpaired) electrons. The summed E-state index contributed by atoms with van der Waals surface area (Å²) in [5.74, 6) is 0. The molecule has 2 aliphatic rings. The van der Waals surface area contributed by atoms with Crippen LogP contribution in [0.1, 0.15) is 18.9 Å². The number of hydrogen-bond acceptors (Lipinski definition) is 5. The third-order valence-corrected chi connectivity index (χ3v) is 5.22. The first kappa shape index (κ1) is 18.9. The predicted molar refractivity (Wildman–Crippen MR) is 98.6 cm³/mol. The quantitative estimate of drug-likeness (QED) is 0.826. The molecule has 2 aliphatic heterocycles. The molecular weight excluding hydrogens is 348 g/mol. The summed E-state index contributed by atoms with van der Waals surface area (Å²) in [7, 11) is 0. The van der Waals surface area contributed by atoms with E-state index in [-0.39, 0.29) is 18.1 Å². The van der Waals surface area contributed by atoms with Gasteiger partial charge in [-0.15, -0.1) is 0 Å². The summed E-state index contributed by atoms with van der Waals surface area (Å²) in [4.78, 5) is 28.7. The van der Waals surface area contributed by atoms with Gasteiger partial charge in [-0.3, -0.25) is 14.6 Å². The van der Waals surface area contributed by atoms with Crippen molar-refractivity contribution in [3.63, 3.8) is 0 Å². The Morgan fingerprint density at radius 2 is 2.04 bits per heavy atom. The molecule has 0 aliphatic carbocycles. The highest BCUT2D eigenvalue weighted by molar-refractivity contribution is 5.71. The second-order valence-electron chi connectivity index (χ2n) is 6.74. The Morgan fingerprint density at radius 1 is 1.30 bits per heavy atom. The van der Waals surface area contributed by atoms with Gasteiger partial charge in [0.05, 0.1) is 11.9 Å². The minimum atomic E-state index is -0.250. The molecule has 8 heteroatoms. The lowest BCUT2D eigenvalue weighted by molar-refractivity contribution is -0.122. The number of imidazole rings is 1. The monoisotopic (exact) mass is 372 g/mol. The fraction of sp³-hybridized carbons (Fsp3) is 0.421. The molecule has 27 heavy (non-hydrogen) atoms. The first-order valence-electron chi connectivity index (χ1n) is 8.94.